The minimum absolute atomic E-state index is 0.170. The van der Waals surface area contributed by atoms with Crippen LogP contribution in [-0.4, -0.2) is 39.4 Å². The summed E-state index contributed by atoms with van der Waals surface area (Å²) in [6.07, 6.45) is 1.19. The molecule has 0 fully saturated rings. The van der Waals surface area contributed by atoms with E-state index in [9.17, 15) is 19.5 Å². The lowest BCUT2D eigenvalue weighted by molar-refractivity contribution is -0.135. The van der Waals surface area contributed by atoms with Gasteiger partial charge in [0.25, 0.3) is 5.91 Å². The molecule has 0 aliphatic rings. The van der Waals surface area contributed by atoms with Gasteiger partial charge in [0.15, 0.2) is 17.2 Å². The van der Waals surface area contributed by atoms with Crippen LogP contribution in [0.4, 0.5) is 0 Å². The molecular formula is C16H14N2O5. The van der Waals surface area contributed by atoms with Crippen LogP contribution in [0.1, 0.15) is 32.0 Å². The molecule has 0 unspecified atom stereocenters. The molecule has 2 rings (SSSR count). The molecule has 23 heavy (non-hydrogen) atoms. The Labute approximate surface area is 131 Å². The zero-order valence-corrected chi connectivity index (χ0v) is 12.2. The van der Waals surface area contributed by atoms with Crippen LogP contribution in [0.3, 0.4) is 0 Å². The fourth-order valence-electron chi connectivity index (χ4n) is 1.97. The summed E-state index contributed by atoms with van der Waals surface area (Å²) in [5.41, 5.74) is 0.478. The normalized spacial score (nSPS) is 10.1. The molecule has 0 atom stereocenters. The van der Waals surface area contributed by atoms with E-state index in [1.54, 1.807) is 30.3 Å². The number of nitrogens with one attached hydrogen (secondary N) is 1. The smallest absolute Gasteiger partial charge is 0.322 e. The van der Waals surface area contributed by atoms with Crippen LogP contribution in [0, 0.1) is 6.92 Å². The number of amides is 1. The van der Waals surface area contributed by atoms with Crippen LogP contribution < -0.4 is 5.32 Å². The number of benzene rings is 1. The first kappa shape index (κ1) is 16.2. The molecule has 7 nitrogen and oxygen atoms in total. The summed E-state index contributed by atoms with van der Waals surface area (Å²) < 4.78 is 0. The van der Waals surface area contributed by atoms with Gasteiger partial charge in [0, 0.05) is 22.9 Å². The van der Waals surface area contributed by atoms with E-state index in [0.717, 1.165) is 0 Å². The number of carbonyl (C=O) groups is 3. The number of pyridine rings is 1. The van der Waals surface area contributed by atoms with Gasteiger partial charge in [-0.25, -0.2) is 4.98 Å². The predicted octanol–water partition coefficient (Wildman–Crippen LogP) is 1.14. The van der Waals surface area contributed by atoms with Crippen molar-refractivity contribution in [3.8, 4) is 5.75 Å². The average Bonchev–Trinajstić information content (AvgIpc) is 2.55. The number of nitrogens with zero attached hydrogens (tertiary/aromatic N) is 1. The second kappa shape index (κ2) is 6.69. The fourth-order valence-corrected chi connectivity index (χ4v) is 1.97. The third-order valence-electron chi connectivity index (χ3n) is 3.20. The van der Waals surface area contributed by atoms with Gasteiger partial charge in [0.2, 0.25) is 0 Å². The lowest BCUT2D eigenvalue weighted by Gasteiger charge is -2.10. The van der Waals surface area contributed by atoms with Gasteiger partial charge in [-0.05, 0) is 6.92 Å². The minimum Gasteiger partial charge on any atom is -0.505 e. The topological polar surface area (TPSA) is 117 Å². The number of aromatic nitrogens is 1. The van der Waals surface area contributed by atoms with Gasteiger partial charge in [0.05, 0.1) is 0 Å². The van der Waals surface area contributed by atoms with Crippen molar-refractivity contribution < 1.29 is 24.6 Å². The van der Waals surface area contributed by atoms with Crippen molar-refractivity contribution in [3.05, 3.63) is 58.9 Å². The van der Waals surface area contributed by atoms with E-state index < -0.39 is 24.2 Å². The number of hydrogen-bond acceptors (Lipinski definition) is 5. The van der Waals surface area contributed by atoms with Crippen LogP contribution in [0.5, 0.6) is 5.75 Å². The summed E-state index contributed by atoms with van der Waals surface area (Å²) in [6.45, 7) is 0.894. The Morgan fingerprint density at radius 2 is 1.83 bits per heavy atom. The maximum atomic E-state index is 12.4. The Balaban J connectivity index is 2.32. The number of aromatic hydroxyl groups is 1. The maximum absolute atomic E-state index is 12.4. The Kier molecular flexibility index (Phi) is 4.70. The molecule has 1 aromatic carbocycles. The number of ketones is 1. The van der Waals surface area contributed by atoms with Crippen LogP contribution in [0.25, 0.3) is 0 Å². The van der Waals surface area contributed by atoms with Crippen molar-refractivity contribution >= 4 is 17.7 Å². The van der Waals surface area contributed by atoms with Crippen molar-refractivity contribution in [2.75, 3.05) is 6.54 Å². The highest BCUT2D eigenvalue weighted by molar-refractivity contribution is 6.10. The molecule has 0 saturated heterocycles. The minimum atomic E-state index is -1.22. The highest BCUT2D eigenvalue weighted by Gasteiger charge is 2.21. The highest BCUT2D eigenvalue weighted by atomic mass is 16.4. The summed E-state index contributed by atoms with van der Waals surface area (Å²) in [7, 11) is 0. The van der Waals surface area contributed by atoms with Gasteiger partial charge in [-0.15, -0.1) is 0 Å². The van der Waals surface area contributed by atoms with Crippen LogP contribution in [0.2, 0.25) is 0 Å². The van der Waals surface area contributed by atoms with Crippen LogP contribution in [-0.2, 0) is 4.79 Å². The zero-order chi connectivity index (χ0) is 17.0. The molecule has 0 saturated carbocycles. The van der Waals surface area contributed by atoms with Crippen molar-refractivity contribution in [1.29, 1.82) is 0 Å². The molecule has 0 aliphatic carbocycles. The molecule has 118 valence electrons. The standard InChI is InChI=1S/C16H14N2O5/c1-9-11(15(22)10-5-3-2-4-6-10)7-17-13(14(9)21)16(23)18-8-12(19)20/h2-7,21H,8H2,1H3,(H,18,23)(H,19,20). The number of carboxylic acids is 1. The summed E-state index contributed by atoms with van der Waals surface area (Å²) >= 11 is 0. The zero-order valence-electron chi connectivity index (χ0n) is 12.2. The summed E-state index contributed by atoms with van der Waals surface area (Å²) in [4.78, 5) is 38.4. The Morgan fingerprint density at radius 1 is 1.17 bits per heavy atom. The molecule has 3 N–H and O–H groups in total. The number of carboxylic acid groups (broad SMARTS) is 1. The number of aliphatic carboxylic acids is 1. The SMILES string of the molecule is Cc1c(C(=O)c2ccccc2)cnc(C(=O)NCC(=O)O)c1O. The summed E-state index contributed by atoms with van der Waals surface area (Å²) in [5, 5.41) is 20.7. The molecule has 0 bridgehead atoms. The van der Waals surface area contributed by atoms with Crippen LogP contribution >= 0.6 is 0 Å². The monoisotopic (exact) mass is 314 g/mol. The molecule has 0 spiro atoms. The van der Waals surface area contributed by atoms with Gasteiger partial charge in [-0.1, -0.05) is 30.3 Å². The molecule has 0 radical (unpaired) electrons. The maximum Gasteiger partial charge on any atom is 0.322 e. The Bertz CT molecular complexity index is 772. The lowest BCUT2D eigenvalue weighted by atomic mass is 9.99. The Morgan fingerprint density at radius 3 is 2.43 bits per heavy atom. The van der Waals surface area contributed by atoms with Gasteiger partial charge in [0.1, 0.15) is 6.54 Å². The van der Waals surface area contributed by atoms with Crippen molar-refractivity contribution in [2.24, 2.45) is 0 Å². The molecule has 7 heteroatoms. The molecule has 0 aliphatic heterocycles. The highest BCUT2D eigenvalue weighted by Crippen LogP contribution is 2.25. The van der Waals surface area contributed by atoms with E-state index in [-0.39, 0.29) is 22.6 Å². The van der Waals surface area contributed by atoms with E-state index in [1.165, 1.54) is 13.1 Å². The first-order chi connectivity index (χ1) is 10.9. The number of rotatable bonds is 5. The van der Waals surface area contributed by atoms with E-state index in [0.29, 0.717) is 5.56 Å². The molecule has 1 amide bonds. The molecular weight excluding hydrogens is 300 g/mol. The Hall–Kier alpha value is -3.22. The van der Waals surface area contributed by atoms with Crippen molar-refractivity contribution in [1.82, 2.24) is 10.3 Å². The summed E-state index contributed by atoms with van der Waals surface area (Å²) in [6, 6.07) is 8.46. The number of hydrogen-bond donors (Lipinski definition) is 3. The van der Waals surface area contributed by atoms with Gasteiger partial charge in [-0.2, -0.15) is 0 Å². The fraction of sp³-hybridized carbons (Fsp3) is 0.125. The quantitative estimate of drug-likeness (QED) is 0.713. The van der Waals surface area contributed by atoms with E-state index >= 15 is 0 Å². The van der Waals surface area contributed by atoms with Crippen molar-refractivity contribution in [3.63, 3.8) is 0 Å². The molecule has 2 aromatic rings. The first-order valence-corrected chi connectivity index (χ1v) is 6.70. The molecule has 1 aromatic heterocycles. The van der Waals surface area contributed by atoms with E-state index in [4.69, 9.17) is 5.11 Å². The van der Waals surface area contributed by atoms with E-state index in [2.05, 4.69) is 10.3 Å². The summed E-state index contributed by atoms with van der Waals surface area (Å²) in [5.74, 6) is -2.82. The molecule has 1 heterocycles. The number of carbonyl (C=O) groups excluding carboxylic acids is 2. The third kappa shape index (κ3) is 3.52. The van der Waals surface area contributed by atoms with Crippen molar-refractivity contribution in [2.45, 2.75) is 6.92 Å². The first-order valence-electron chi connectivity index (χ1n) is 6.70. The van der Waals surface area contributed by atoms with Crippen LogP contribution in [0.15, 0.2) is 36.5 Å². The van der Waals surface area contributed by atoms with Gasteiger partial charge in [-0.3, -0.25) is 14.4 Å². The van der Waals surface area contributed by atoms with Gasteiger partial charge < -0.3 is 15.5 Å². The second-order valence-electron chi connectivity index (χ2n) is 4.77. The largest absolute Gasteiger partial charge is 0.505 e. The second-order valence-corrected chi connectivity index (χ2v) is 4.77. The average molecular weight is 314 g/mol. The lowest BCUT2D eigenvalue weighted by Crippen LogP contribution is -2.30. The van der Waals surface area contributed by atoms with E-state index in [1.807, 2.05) is 0 Å². The van der Waals surface area contributed by atoms with Gasteiger partial charge >= 0.3 is 5.97 Å². The predicted molar refractivity (Wildman–Crippen MR) is 80.5 cm³/mol. The third-order valence-corrected chi connectivity index (χ3v) is 3.20.